The first kappa shape index (κ1) is 16.9. The van der Waals surface area contributed by atoms with Gasteiger partial charge in [0.05, 0.1) is 11.8 Å². The first-order valence-electron chi connectivity index (χ1n) is 8.62. The van der Waals surface area contributed by atoms with Crippen LogP contribution in [-0.2, 0) is 0 Å². The Morgan fingerprint density at radius 3 is 2.71 bits per heavy atom. The van der Waals surface area contributed by atoms with Crippen LogP contribution in [0.15, 0.2) is 42.5 Å². The minimum atomic E-state index is -0.453. The van der Waals surface area contributed by atoms with Crippen molar-refractivity contribution in [2.75, 3.05) is 31.6 Å². The maximum atomic E-state index is 10.5. The van der Waals surface area contributed by atoms with Crippen molar-refractivity contribution in [2.24, 2.45) is 0 Å². The summed E-state index contributed by atoms with van der Waals surface area (Å²) in [6.45, 7) is 4.54. The fourth-order valence-electron chi connectivity index (χ4n) is 3.29. The lowest BCUT2D eigenvalue weighted by molar-refractivity contribution is 0.0986. The zero-order valence-corrected chi connectivity index (χ0v) is 14.5. The van der Waals surface area contributed by atoms with E-state index in [1.165, 1.54) is 0 Å². The average Bonchev–Trinajstić information content (AvgIpc) is 2.63. The Morgan fingerprint density at radius 1 is 1.21 bits per heavy atom. The quantitative estimate of drug-likeness (QED) is 0.914. The summed E-state index contributed by atoms with van der Waals surface area (Å²) in [5.74, 6) is 0.947. The number of aryl methyl sites for hydroxylation is 1. The number of anilines is 1. The van der Waals surface area contributed by atoms with Crippen molar-refractivity contribution >= 4 is 5.82 Å². The van der Waals surface area contributed by atoms with Gasteiger partial charge < -0.3 is 10.0 Å². The third-order valence-corrected chi connectivity index (χ3v) is 4.77. The van der Waals surface area contributed by atoms with Crippen molar-refractivity contribution < 1.29 is 5.11 Å². The Kier molecular flexibility index (Phi) is 5.43. The molecule has 1 fully saturated rings. The van der Waals surface area contributed by atoms with Crippen LogP contribution in [0.25, 0.3) is 0 Å². The lowest BCUT2D eigenvalue weighted by atomic mass is 10.0. The largest absolute Gasteiger partial charge is 0.387 e. The van der Waals surface area contributed by atoms with Crippen molar-refractivity contribution in [3.05, 3.63) is 53.7 Å². The first-order chi connectivity index (χ1) is 11.6. The number of likely N-dealkylation sites (N-methyl/N-ethyl adjacent to an activating group) is 1. The van der Waals surface area contributed by atoms with Crippen LogP contribution in [-0.4, -0.2) is 52.9 Å². The molecule has 1 saturated heterocycles. The molecule has 1 aliphatic rings. The lowest BCUT2D eigenvalue weighted by Crippen LogP contribution is -2.47. The lowest BCUT2D eigenvalue weighted by Gasteiger charge is -2.38. The zero-order chi connectivity index (χ0) is 16.9. The molecule has 0 saturated carbocycles. The molecule has 1 aliphatic heterocycles. The molecule has 0 aliphatic carbocycles. The van der Waals surface area contributed by atoms with E-state index >= 15 is 0 Å². The second kappa shape index (κ2) is 7.73. The first-order valence-corrected chi connectivity index (χ1v) is 8.62. The normalized spacial score (nSPS) is 19.5. The van der Waals surface area contributed by atoms with Crippen molar-refractivity contribution in [3.63, 3.8) is 0 Å². The number of hydrogen-bond donors (Lipinski definition) is 1. The highest BCUT2D eigenvalue weighted by Crippen LogP contribution is 2.22. The molecule has 1 aromatic heterocycles. The van der Waals surface area contributed by atoms with Crippen molar-refractivity contribution in [1.82, 2.24) is 15.1 Å². The molecule has 24 heavy (non-hydrogen) atoms. The van der Waals surface area contributed by atoms with Gasteiger partial charge in [0.25, 0.3) is 0 Å². The Hall–Kier alpha value is -1.98. The number of aromatic nitrogens is 2. The Balaban J connectivity index is 1.60. The van der Waals surface area contributed by atoms with Crippen LogP contribution >= 0.6 is 0 Å². The number of aliphatic hydroxyl groups excluding tert-OH is 1. The highest BCUT2D eigenvalue weighted by Gasteiger charge is 2.25. The molecule has 1 aromatic carbocycles. The summed E-state index contributed by atoms with van der Waals surface area (Å²) in [5.41, 5.74) is 1.91. The predicted octanol–water partition coefficient (Wildman–Crippen LogP) is 2.42. The molecule has 2 unspecified atom stereocenters. The van der Waals surface area contributed by atoms with E-state index in [9.17, 15) is 5.11 Å². The third-order valence-electron chi connectivity index (χ3n) is 4.77. The minimum Gasteiger partial charge on any atom is -0.387 e. The minimum absolute atomic E-state index is 0.417. The van der Waals surface area contributed by atoms with Crippen LogP contribution in [0.5, 0.6) is 0 Å². The molecular formula is C19H26N4O. The van der Waals surface area contributed by atoms with Crippen LogP contribution < -0.4 is 4.90 Å². The second-order valence-electron chi connectivity index (χ2n) is 6.64. The smallest absolute Gasteiger partial charge is 0.151 e. The number of aliphatic hydroxyl groups is 1. The molecule has 0 radical (unpaired) electrons. The van der Waals surface area contributed by atoms with E-state index in [4.69, 9.17) is 0 Å². The summed E-state index contributed by atoms with van der Waals surface area (Å²) in [5, 5.41) is 18.9. The van der Waals surface area contributed by atoms with Gasteiger partial charge >= 0.3 is 0 Å². The maximum absolute atomic E-state index is 10.5. The molecule has 5 nitrogen and oxygen atoms in total. The van der Waals surface area contributed by atoms with E-state index in [1.807, 2.05) is 49.4 Å². The van der Waals surface area contributed by atoms with Crippen molar-refractivity contribution in [1.29, 1.82) is 0 Å². The second-order valence-corrected chi connectivity index (χ2v) is 6.64. The van der Waals surface area contributed by atoms with E-state index in [0.717, 1.165) is 43.0 Å². The number of hydrogen-bond acceptors (Lipinski definition) is 5. The number of nitrogens with zero attached hydrogens (tertiary/aromatic N) is 4. The molecule has 2 aromatic rings. The van der Waals surface area contributed by atoms with Gasteiger partial charge in [-0.2, -0.15) is 5.10 Å². The molecule has 0 amide bonds. The Morgan fingerprint density at radius 2 is 2.00 bits per heavy atom. The van der Waals surface area contributed by atoms with Gasteiger partial charge in [-0.15, -0.1) is 5.10 Å². The van der Waals surface area contributed by atoms with E-state index in [2.05, 4.69) is 27.0 Å². The zero-order valence-electron chi connectivity index (χ0n) is 14.5. The SMILES string of the molecule is Cc1ccc(N2CCCC(N(C)CC(O)c3ccccc3)C2)nn1. The van der Waals surface area contributed by atoms with Crippen molar-refractivity contribution in [3.8, 4) is 0 Å². The summed E-state index contributed by atoms with van der Waals surface area (Å²) < 4.78 is 0. The highest BCUT2D eigenvalue weighted by atomic mass is 16.3. The average molecular weight is 326 g/mol. The van der Waals surface area contributed by atoms with Crippen molar-refractivity contribution in [2.45, 2.75) is 31.9 Å². The topological polar surface area (TPSA) is 52.5 Å². The van der Waals surface area contributed by atoms with Gasteiger partial charge in [0.1, 0.15) is 0 Å². The molecular weight excluding hydrogens is 300 g/mol. The molecule has 3 rings (SSSR count). The number of piperidine rings is 1. The summed E-state index contributed by atoms with van der Waals surface area (Å²) in [6.07, 6.45) is 1.82. The molecule has 128 valence electrons. The Bertz CT molecular complexity index is 632. The van der Waals surface area contributed by atoms with Gasteiger partial charge in [-0.25, -0.2) is 0 Å². The fraction of sp³-hybridized carbons (Fsp3) is 0.474. The Labute approximate surface area is 143 Å². The summed E-state index contributed by atoms with van der Waals surface area (Å²) in [6, 6.07) is 14.3. The molecule has 5 heteroatoms. The monoisotopic (exact) mass is 326 g/mol. The summed E-state index contributed by atoms with van der Waals surface area (Å²) in [7, 11) is 2.10. The van der Waals surface area contributed by atoms with Crippen LogP contribution in [0.4, 0.5) is 5.82 Å². The number of benzene rings is 1. The maximum Gasteiger partial charge on any atom is 0.151 e. The third kappa shape index (κ3) is 4.10. The fourth-order valence-corrected chi connectivity index (χ4v) is 3.29. The van der Waals surface area contributed by atoms with Crippen LogP contribution in [0.2, 0.25) is 0 Å². The van der Waals surface area contributed by atoms with E-state index in [1.54, 1.807) is 0 Å². The van der Waals surface area contributed by atoms with Crippen LogP contribution in [0.3, 0.4) is 0 Å². The summed E-state index contributed by atoms with van der Waals surface area (Å²) >= 11 is 0. The van der Waals surface area contributed by atoms with Gasteiger partial charge in [0.2, 0.25) is 0 Å². The highest BCUT2D eigenvalue weighted by molar-refractivity contribution is 5.38. The van der Waals surface area contributed by atoms with Gasteiger partial charge in [-0.1, -0.05) is 30.3 Å². The van der Waals surface area contributed by atoms with Crippen LogP contribution in [0, 0.1) is 6.92 Å². The number of rotatable bonds is 5. The van der Waals surface area contributed by atoms with E-state index in [0.29, 0.717) is 12.6 Å². The van der Waals surface area contributed by atoms with Gasteiger partial charge in [0, 0.05) is 25.7 Å². The summed E-state index contributed by atoms with van der Waals surface area (Å²) in [4.78, 5) is 4.57. The molecule has 0 spiro atoms. The standard InChI is InChI=1S/C19H26N4O/c1-15-10-11-19(21-20-15)23-12-6-9-17(13-23)22(2)14-18(24)16-7-4-3-5-8-16/h3-5,7-8,10-11,17-18,24H,6,9,12-14H2,1-2H3. The predicted molar refractivity (Wildman–Crippen MR) is 96.0 cm³/mol. The van der Waals surface area contributed by atoms with Crippen LogP contribution in [0.1, 0.15) is 30.2 Å². The molecule has 2 atom stereocenters. The van der Waals surface area contributed by atoms with E-state index < -0.39 is 6.10 Å². The van der Waals surface area contributed by atoms with E-state index in [-0.39, 0.29) is 0 Å². The van der Waals surface area contributed by atoms with Gasteiger partial charge in [-0.05, 0) is 44.5 Å². The van der Waals surface area contributed by atoms with Gasteiger partial charge in [-0.3, -0.25) is 4.90 Å². The van der Waals surface area contributed by atoms with Gasteiger partial charge in [0.15, 0.2) is 5.82 Å². The molecule has 0 bridgehead atoms. The molecule has 2 heterocycles. The molecule has 1 N–H and O–H groups in total.